The van der Waals surface area contributed by atoms with Gasteiger partial charge in [-0.2, -0.15) is 0 Å². The van der Waals surface area contributed by atoms with E-state index in [-0.39, 0.29) is 17.3 Å². The van der Waals surface area contributed by atoms with Crippen LogP contribution in [0.25, 0.3) is 0 Å². The maximum atomic E-state index is 12.8. The third kappa shape index (κ3) is 4.76. The number of fused-ring (bicyclic) bond motifs is 1. The fraction of sp³-hybridized carbons (Fsp3) is 0.409. The maximum absolute atomic E-state index is 12.8. The molecule has 30 heavy (non-hydrogen) atoms. The van der Waals surface area contributed by atoms with Gasteiger partial charge < -0.3 is 14.4 Å². The summed E-state index contributed by atoms with van der Waals surface area (Å²) in [7, 11) is -3.69. The van der Waals surface area contributed by atoms with Crippen molar-refractivity contribution in [3.8, 4) is 11.5 Å². The first-order valence-corrected chi connectivity index (χ1v) is 11.7. The molecular formula is C22H28N2O5S. The van der Waals surface area contributed by atoms with E-state index in [0.29, 0.717) is 44.1 Å². The summed E-state index contributed by atoms with van der Waals surface area (Å²) in [5, 5.41) is 0. The SMILES string of the molecule is CCOc1ccc(CNS(=O)(=O)c2ccc3c(c2)CCN3C(=O)CC)cc1OCC. The van der Waals surface area contributed by atoms with Crippen LogP contribution in [0, 0.1) is 0 Å². The van der Waals surface area contributed by atoms with E-state index in [2.05, 4.69) is 4.72 Å². The molecule has 0 saturated heterocycles. The van der Waals surface area contributed by atoms with Crippen LogP contribution in [0.3, 0.4) is 0 Å². The van der Waals surface area contributed by atoms with E-state index in [9.17, 15) is 13.2 Å². The predicted molar refractivity (Wildman–Crippen MR) is 116 cm³/mol. The van der Waals surface area contributed by atoms with E-state index in [4.69, 9.17) is 9.47 Å². The average Bonchev–Trinajstić information content (AvgIpc) is 3.17. The molecule has 0 unspecified atom stereocenters. The number of ether oxygens (including phenoxy) is 2. The first kappa shape index (κ1) is 22.1. The van der Waals surface area contributed by atoms with Gasteiger partial charge in [-0.3, -0.25) is 4.79 Å². The molecule has 1 aliphatic heterocycles. The maximum Gasteiger partial charge on any atom is 0.240 e. The summed E-state index contributed by atoms with van der Waals surface area (Å²) in [5.74, 6) is 1.27. The second-order valence-corrected chi connectivity index (χ2v) is 8.68. The summed E-state index contributed by atoms with van der Waals surface area (Å²) in [6, 6.07) is 10.3. The van der Waals surface area contributed by atoms with Gasteiger partial charge in [0.05, 0.1) is 18.1 Å². The Balaban J connectivity index is 1.75. The van der Waals surface area contributed by atoms with Crippen LogP contribution >= 0.6 is 0 Å². The van der Waals surface area contributed by atoms with Gasteiger partial charge in [0.2, 0.25) is 15.9 Å². The molecule has 1 N–H and O–H groups in total. The molecule has 8 heteroatoms. The fourth-order valence-corrected chi connectivity index (χ4v) is 4.53. The van der Waals surface area contributed by atoms with Crippen LogP contribution in [0.5, 0.6) is 11.5 Å². The number of sulfonamides is 1. The second kappa shape index (κ2) is 9.49. The molecular weight excluding hydrogens is 404 g/mol. The van der Waals surface area contributed by atoms with Crippen LogP contribution in [0.2, 0.25) is 0 Å². The Kier molecular flexibility index (Phi) is 6.99. The van der Waals surface area contributed by atoms with Gasteiger partial charge in [-0.15, -0.1) is 0 Å². The standard InChI is InChI=1S/C22H28N2O5S/c1-4-22(25)24-12-11-17-14-18(8-9-19(17)24)30(26,27)23-15-16-7-10-20(28-5-2)21(13-16)29-6-3/h7-10,13-14,23H,4-6,11-12,15H2,1-3H3. The van der Waals surface area contributed by atoms with Gasteiger partial charge in [0.15, 0.2) is 11.5 Å². The van der Waals surface area contributed by atoms with Crippen molar-refractivity contribution < 1.29 is 22.7 Å². The molecule has 0 bridgehead atoms. The van der Waals surface area contributed by atoms with Crippen molar-refractivity contribution in [2.45, 2.75) is 45.1 Å². The average molecular weight is 433 g/mol. The summed E-state index contributed by atoms with van der Waals surface area (Å²) in [6.07, 6.45) is 1.08. The molecule has 3 rings (SSSR count). The Morgan fingerprint density at radius 1 is 1.03 bits per heavy atom. The topological polar surface area (TPSA) is 84.9 Å². The molecule has 1 aliphatic rings. The van der Waals surface area contributed by atoms with E-state index in [1.54, 1.807) is 35.2 Å². The number of rotatable bonds is 9. The normalized spacial score (nSPS) is 13.2. The summed E-state index contributed by atoms with van der Waals surface area (Å²) in [6.45, 7) is 7.33. The predicted octanol–water partition coefficient (Wildman–Crippen LogP) is 3.26. The van der Waals surface area contributed by atoms with Crippen molar-refractivity contribution in [1.82, 2.24) is 4.72 Å². The summed E-state index contributed by atoms with van der Waals surface area (Å²) in [5.41, 5.74) is 2.44. The Labute approximate surface area is 178 Å². The molecule has 1 heterocycles. The van der Waals surface area contributed by atoms with Crippen LogP contribution in [-0.2, 0) is 27.8 Å². The van der Waals surface area contributed by atoms with Gasteiger partial charge in [-0.1, -0.05) is 13.0 Å². The van der Waals surface area contributed by atoms with Crippen molar-refractivity contribution in [1.29, 1.82) is 0 Å². The number of carbonyl (C=O) groups is 1. The van der Waals surface area contributed by atoms with E-state index < -0.39 is 10.0 Å². The zero-order valence-electron chi connectivity index (χ0n) is 17.6. The van der Waals surface area contributed by atoms with Crippen LogP contribution < -0.4 is 19.1 Å². The van der Waals surface area contributed by atoms with Gasteiger partial charge in [0.1, 0.15) is 0 Å². The highest BCUT2D eigenvalue weighted by Crippen LogP contribution is 2.31. The van der Waals surface area contributed by atoms with E-state index >= 15 is 0 Å². The van der Waals surface area contributed by atoms with Crippen molar-refractivity contribution in [2.24, 2.45) is 0 Å². The minimum absolute atomic E-state index is 0.0445. The monoisotopic (exact) mass is 432 g/mol. The molecule has 0 aromatic heterocycles. The van der Waals surface area contributed by atoms with Crippen LogP contribution in [-0.4, -0.2) is 34.1 Å². The van der Waals surface area contributed by atoms with Crippen LogP contribution in [0.1, 0.15) is 38.3 Å². The Morgan fingerprint density at radius 2 is 1.77 bits per heavy atom. The number of carbonyl (C=O) groups excluding carboxylic acids is 1. The molecule has 0 fully saturated rings. The van der Waals surface area contributed by atoms with Crippen LogP contribution in [0.4, 0.5) is 5.69 Å². The molecule has 2 aromatic rings. The number of anilines is 1. The fourth-order valence-electron chi connectivity index (χ4n) is 3.46. The van der Waals surface area contributed by atoms with Crippen molar-refractivity contribution in [2.75, 3.05) is 24.7 Å². The molecule has 7 nitrogen and oxygen atoms in total. The Bertz CT molecular complexity index is 1020. The summed E-state index contributed by atoms with van der Waals surface area (Å²) < 4.78 is 39.4. The number of nitrogens with one attached hydrogen (secondary N) is 1. The van der Waals surface area contributed by atoms with E-state index in [1.807, 2.05) is 26.8 Å². The molecule has 0 atom stereocenters. The minimum Gasteiger partial charge on any atom is -0.490 e. The highest BCUT2D eigenvalue weighted by Gasteiger charge is 2.25. The highest BCUT2D eigenvalue weighted by molar-refractivity contribution is 7.89. The van der Waals surface area contributed by atoms with Crippen molar-refractivity contribution >= 4 is 21.6 Å². The molecule has 162 valence electrons. The zero-order valence-corrected chi connectivity index (χ0v) is 18.4. The van der Waals surface area contributed by atoms with Crippen molar-refractivity contribution in [3.05, 3.63) is 47.5 Å². The Morgan fingerprint density at radius 3 is 2.47 bits per heavy atom. The molecule has 0 saturated carbocycles. The highest BCUT2D eigenvalue weighted by atomic mass is 32.2. The van der Waals surface area contributed by atoms with Gasteiger partial charge in [-0.25, -0.2) is 13.1 Å². The molecule has 0 spiro atoms. The molecule has 1 amide bonds. The molecule has 0 radical (unpaired) electrons. The van der Waals surface area contributed by atoms with Gasteiger partial charge in [0.25, 0.3) is 0 Å². The number of amides is 1. The molecule has 0 aliphatic carbocycles. The smallest absolute Gasteiger partial charge is 0.240 e. The number of hydrogen-bond acceptors (Lipinski definition) is 5. The third-order valence-electron chi connectivity index (χ3n) is 4.93. The lowest BCUT2D eigenvalue weighted by atomic mass is 10.2. The van der Waals surface area contributed by atoms with Gasteiger partial charge in [0, 0.05) is 25.2 Å². The largest absolute Gasteiger partial charge is 0.490 e. The summed E-state index contributed by atoms with van der Waals surface area (Å²) in [4.78, 5) is 13.9. The van der Waals surface area contributed by atoms with E-state index in [0.717, 1.165) is 16.8 Å². The van der Waals surface area contributed by atoms with Gasteiger partial charge in [-0.05, 0) is 61.7 Å². The lowest BCUT2D eigenvalue weighted by molar-refractivity contribution is -0.118. The second-order valence-electron chi connectivity index (χ2n) is 6.91. The quantitative estimate of drug-likeness (QED) is 0.657. The van der Waals surface area contributed by atoms with Crippen molar-refractivity contribution in [3.63, 3.8) is 0 Å². The lowest BCUT2D eigenvalue weighted by Gasteiger charge is -2.16. The first-order valence-electron chi connectivity index (χ1n) is 10.2. The number of nitrogens with zero attached hydrogens (tertiary/aromatic N) is 1. The Hall–Kier alpha value is -2.58. The minimum atomic E-state index is -3.69. The number of hydrogen-bond donors (Lipinski definition) is 1. The zero-order chi connectivity index (χ0) is 21.7. The first-order chi connectivity index (χ1) is 14.4. The molecule has 2 aromatic carbocycles. The lowest BCUT2D eigenvalue weighted by Crippen LogP contribution is -2.27. The van der Waals surface area contributed by atoms with Gasteiger partial charge >= 0.3 is 0 Å². The number of benzene rings is 2. The third-order valence-corrected chi connectivity index (χ3v) is 6.33. The van der Waals surface area contributed by atoms with Crippen LogP contribution in [0.15, 0.2) is 41.3 Å². The van der Waals surface area contributed by atoms with E-state index in [1.165, 1.54) is 0 Å². The summed E-state index contributed by atoms with van der Waals surface area (Å²) >= 11 is 0.